The summed E-state index contributed by atoms with van der Waals surface area (Å²) in [6.07, 6.45) is 0. The minimum absolute atomic E-state index is 0.108. The van der Waals surface area contributed by atoms with E-state index in [9.17, 15) is 9.59 Å². The molecule has 1 aromatic heterocycles. The first-order chi connectivity index (χ1) is 9.08. The van der Waals surface area contributed by atoms with E-state index in [2.05, 4.69) is 4.98 Å². The van der Waals surface area contributed by atoms with Crippen molar-refractivity contribution in [2.45, 2.75) is 6.92 Å². The van der Waals surface area contributed by atoms with Crippen LogP contribution in [0, 0.1) is 6.92 Å². The number of benzene rings is 2. The fraction of sp³-hybridized carbons (Fsp3) is 0.0667. The second kappa shape index (κ2) is 3.95. The van der Waals surface area contributed by atoms with Crippen molar-refractivity contribution in [3.05, 3.63) is 57.7 Å². The molecule has 2 aromatic carbocycles. The molecule has 1 heterocycles. The zero-order valence-electron chi connectivity index (χ0n) is 10.2. The molecule has 0 amide bonds. The maximum atomic E-state index is 12.4. The van der Waals surface area contributed by atoms with Gasteiger partial charge >= 0.3 is 5.97 Å². The molecule has 0 spiro atoms. The second-order valence-electron chi connectivity index (χ2n) is 4.54. The summed E-state index contributed by atoms with van der Waals surface area (Å²) >= 11 is 0. The third-order valence-corrected chi connectivity index (χ3v) is 3.22. The van der Waals surface area contributed by atoms with Crippen LogP contribution < -0.4 is 5.43 Å². The number of para-hydroxylation sites is 1. The molecule has 3 aromatic rings. The van der Waals surface area contributed by atoms with Crippen molar-refractivity contribution in [1.29, 1.82) is 0 Å². The molecule has 0 bridgehead atoms. The van der Waals surface area contributed by atoms with Gasteiger partial charge in [-0.25, -0.2) is 4.79 Å². The number of carboxylic acids is 1. The van der Waals surface area contributed by atoms with Gasteiger partial charge in [0.2, 0.25) is 0 Å². The molecule has 0 aliphatic carbocycles. The number of rotatable bonds is 1. The molecule has 0 radical (unpaired) electrons. The van der Waals surface area contributed by atoms with E-state index in [4.69, 9.17) is 5.11 Å². The number of carbonyl (C=O) groups is 1. The molecule has 0 aliphatic rings. The minimum Gasteiger partial charge on any atom is -0.478 e. The number of nitrogens with one attached hydrogen (secondary N) is 1. The molecule has 0 saturated heterocycles. The molecule has 0 saturated carbocycles. The van der Waals surface area contributed by atoms with Crippen LogP contribution in [-0.4, -0.2) is 16.1 Å². The lowest BCUT2D eigenvalue weighted by Crippen LogP contribution is -2.08. The number of aromatic nitrogens is 1. The molecular formula is C15H11NO3. The zero-order valence-corrected chi connectivity index (χ0v) is 10.2. The van der Waals surface area contributed by atoms with Crippen molar-refractivity contribution >= 4 is 27.8 Å². The molecule has 3 rings (SSSR count). The van der Waals surface area contributed by atoms with Gasteiger partial charge in [-0.2, -0.15) is 0 Å². The van der Waals surface area contributed by atoms with E-state index in [0.29, 0.717) is 21.8 Å². The highest BCUT2D eigenvalue weighted by molar-refractivity contribution is 6.04. The molecule has 19 heavy (non-hydrogen) atoms. The first-order valence-corrected chi connectivity index (χ1v) is 5.86. The van der Waals surface area contributed by atoms with Crippen LogP contribution in [0.1, 0.15) is 15.9 Å². The molecule has 0 unspecified atom stereocenters. The number of aromatic carboxylic acids is 1. The highest BCUT2D eigenvalue weighted by Crippen LogP contribution is 2.19. The summed E-state index contributed by atoms with van der Waals surface area (Å²) in [4.78, 5) is 26.6. The fourth-order valence-electron chi connectivity index (χ4n) is 2.29. The lowest BCUT2D eigenvalue weighted by atomic mass is 10.1. The fourth-order valence-corrected chi connectivity index (χ4v) is 2.29. The third-order valence-electron chi connectivity index (χ3n) is 3.22. The highest BCUT2D eigenvalue weighted by atomic mass is 16.4. The summed E-state index contributed by atoms with van der Waals surface area (Å²) in [6, 6.07) is 10.2. The smallest absolute Gasteiger partial charge is 0.337 e. The largest absolute Gasteiger partial charge is 0.478 e. The average Bonchev–Trinajstić information content (AvgIpc) is 2.39. The number of hydrogen-bond donors (Lipinski definition) is 2. The van der Waals surface area contributed by atoms with Crippen LogP contribution in [0.5, 0.6) is 0 Å². The van der Waals surface area contributed by atoms with Gasteiger partial charge in [-0.1, -0.05) is 17.7 Å². The topological polar surface area (TPSA) is 70.2 Å². The molecule has 0 fully saturated rings. The van der Waals surface area contributed by atoms with Crippen molar-refractivity contribution in [3.63, 3.8) is 0 Å². The van der Waals surface area contributed by atoms with Gasteiger partial charge in [-0.15, -0.1) is 0 Å². The lowest BCUT2D eigenvalue weighted by Gasteiger charge is -2.06. The number of aryl methyl sites for hydroxylation is 1. The summed E-state index contributed by atoms with van der Waals surface area (Å²) < 4.78 is 0. The number of pyridine rings is 1. The number of H-pyrrole nitrogens is 1. The minimum atomic E-state index is -1.05. The van der Waals surface area contributed by atoms with Crippen molar-refractivity contribution < 1.29 is 9.90 Å². The first-order valence-electron chi connectivity index (χ1n) is 5.86. The van der Waals surface area contributed by atoms with Gasteiger partial charge in [0.15, 0.2) is 5.43 Å². The predicted molar refractivity (Wildman–Crippen MR) is 73.8 cm³/mol. The van der Waals surface area contributed by atoms with Crippen LogP contribution in [0.4, 0.5) is 0 Å². The van der Waals surface area contributed by atoms with E-state index in [1.807, 2.05) is 13.0 Å². The highest BCUT2D eigenvalue weighted by Gasteiger charge is 2.12. The second-order valence-corrected chi connectivity index (χ2v) is 4.54. The van der Waals surface area contributed by atoms with Crippen LogP contribution >= 0.6 is 0 Å². The summed E-state index contributed by atoms with van der Waals surface area (Å²) in [7, 11) is 0. The molecular weight excluding hydrogens is 242 g/mol. The number of fused-ring (bicyclic) bond motifs is 2. The van der Waals surface area contributed by atoms with Crippen molar-refractivity contribution in [2.75, 3.05) is 0 Å². The van der Waals surface area contributed by atoms with Crippen LogP contribution in [0.3, 0.4) is 0 Å². The molecule has 0 atom stereocenters. The summed E-state index contributed by atoms with van der Waals surface area (Å²) in [5.41, 5.74) is 1.98. The molecule has 4 nitrogen and oxygen atoms in total. The Kier molecular flexibility index (Phi) is 2.38. The quantitative estimate of drug-likeness (QED) is 0.655. The standard InChI is InChI=1S/C15H11NO3/c1-8-5-6-12-11(7-8)14(17)9-3-2-4-10(15(18)19)13(9)16-12/h2-7H,1H3,(H,16,17)(H,18,19). The summed E-state index contributed by atoms with van der Waals surface area (Å²) in [5.74, 6) is -1.05. The SMILES string of the molecule is Cc1ccc2[nH]c3c(C(=O)O)cccc3c(=O)c2c1. The van der Waals surface area contributed by atoms with Crippen LogP contribution in [0.2, 0.25) is 0 Å². The van der Waals surface area contributed by atoms with E-state index in [1.165, 1.54) is 6.07 Å². The van der Waals surface area contributed by atoms with Gasteiger partial charge in [-0.05, 0) is 31.2 Å². The van der Waals surface area contributed by atoms with E-state index in [-0.39, 0.29) is 11.0 Å². The molecule has 94 valence electrons. The van der Waals surface area contributed by atoms with Crippen LogP contribution in [0.15, 0.2) is 41.2 Å². The Bertz CT molecular complexity index is 878. The van der Waals surface area contributed by atoms with Gasteiger partial charge < -0.3 is 10.1 Å². The lowest BCUT2D eigenvalue weighted by molar-refractivity contribution is 0.0699. The van der Waals surface area contributed by atoms with Crippen LogP contribution in [0.25, 0.3) is 21.8 Å². The van der Waals surface area contributed by atoms with Gasteiger partial charge in [0.25, 0.3) is 0 Å². The molecule has 0 aliphatic heterocycles. The van der Waals surface area contributed by atoms with Gasteiger partial charge in [-0.3, -0.25) is 4.79 Å². The molecule has 2 N–H and O–H groups in total. The van der Waals surface area contributed by atoms with Crippen LogP contribution in [-0.2, 0) is 0 Å². The predicted octanol–water partition coefficient (Wildman–Crippen LogP) is 2.69. The van der Waals surface area contributed by atoms with Crippen molar-refractivity contribution in [3.8, 4) is 0 Å². The average molecular weight is 253 g/mol. The summed E-state index contributed by atoms with van der Waals surface area (Å²) in [5, 5.41) is 10.1. The monoisotopic (exact) mass is 253 g/mol. The van der Waals surface area contributed by atoms with E-state index in [0.717, 1.165) is 5.56 Å². The Morgan fingerprint density at radius 1 is 1.16 bits per heavy atom. The van der Waals surface area contributed by atoms with Crippen molar-refractivity contribution in [2.24, 2.45) is 0 Å². The summed E-state index contributed by atoms with van der Waals surface area (Å²) in [6.45, 7) is 1.91. The molecule has 4 heteroatoms. The first kappa shape index (κ1) is 11.5. The Morgan fingerprint density at radius 2 is 1.95 bits per heavy atom. The van der Waals surface area contributed by atoms with Gasteiger partial charge in [0.05, 0.1) is 11.1 Å². The van der Waals surface area contributed by atoms with Gasteiger partial charge in [0.1, 0.15) is 0 Å². The Morgan fingerprint density at radius 3 is 2.68 bits per heavy atom. The zero-order chi connectivity index (χ0) is 13.6. The Hall–Kier alpha value is -2.62. The van der Waals surface area contributed by atoms with Crippen molar-refractivity contribution in [1.82, 2.24) is 4.98 Å². The van der Waals surface area contributed by atoms with E-state index < -0.39 is 5.97 Å². The maximum Gasteiger partial charge on any atom is 0.337 e. The number of hydrogen-bond acceptors (Lipinski definition) is 2. The Labute approximate surface area is 108 Å². The Balaban J connectivity index is 2.57. The normalized spacial score (nSPS) is 11.0. The maximum absolute atomic E-state index is 12.4. The number of carboxylic acid groups (broad SMARTS) is 1. The van der Waals surface area contributed by atoms with E-state index in [1.54, 1.807) is 24.3 Å². The number of aromatic amines is 1. The van der Waals surface area contributed by atoms with E-state index >= 15 is 0 Å². The van der Waals surface area contributed by atoms with Gasteiger partial charge in [0, 0.05) is 16.3 Å². The third kappa shape index (κ3) is 1.69.